The number of amides is 8. The first kappa shape index (κ1) is 45.6. The molecule has 0 saturated carbocycles. The van der Waals surface area contributed by atoms with Crippen LogP contribution >= 0.6 is 0 Å². The maximum absolute atomic E-state index is 12.9. The Labute approximate surface area is 291 Å². The molecular formula is C30H54N8O12. The van der Waals surface area contributed by atoms with Crippen molar-refractivity contribution in [2.24, 2.45) is 11.8 Å². The van der Waals surface area contributed by atoms with Crippen LogP contribution in [0.3, 0.4) is 0 Å². The fourth-order valence-electron chi connectivity index (χ4n) is 4.40. The van der Waals surface area contributed by atoms with Gasteiger partial charge in [0.1, 0.15) is 0 Å². The Kier molecular flexibility index (Phi) is 23.3. The third-order valence-corrected chi connectivity index (χ3v) is 7.46. The summed E-state index contributed by atoms with van der Waals surface area (Å²) in [5, 5.41) is 49.2. The van der Waals surface area contributed by atoms with Gasteiger partial charge in [-0.15, -0.1) is 0 Å². The molecular weight excluding hydrogens is 664 g/mol. The zero-order valence-corrected chi connectivity index (χ0v) is 29.3. The monoisotopic (exact) mass is 718 g/mol. The number of rotatable bonds is 25. The average Bonchev–Trinajstić information content (AvgIpc) is 3.05. The van der Waals surface area contributed by atoms with E-state index in [0.717, 1.165) is 28.2 Å². The van der Waals surface area contributed by atoms with Gasteiger partial charge in [-0.2, -0.15) is 0 Å². The van der Waals surface area contributed by atoms with Gasteiger partial charge in [-0.1, -0.05) is 12.8 Å². The molecule has 20 nitrogen and oxygen atoms in total. The molecule has 50 heavy (non-hydrogen) atoms. The van der Waals surface area contributed by atoms with Crippen molar-refractivity contribution in [2.75, 3.05) is 54.4 Å². The number of carbonyl (C=O) groups excluding carboxylic acids is 8. The molecule has 20 heteroatoms. The molecule has 0 aromatic carbocycles. The van der Waals surface area contributed by atoms with E-state index in [1.54, 1.807) is 0 Å². The third-order valence-electron chi connectivity index (χ3n) is 7.46. The van der Waals surface area contributed by atoms with E-state index in [9.17, 15) is 48.8 Å². The molecule has 2 atom stereocenters. The second kappa shape index (κ2) is 25.6. The Hall–Kier alpha value is -4.40. The van der Waals surface area contributed by atoms with E-state index >= 15 is 0 Å². The summed E-state index contributed by atoms with van der Waals surface area (Å²) in [4.78, 5) is 96.6. The quantitative estimate of drug-likeness (QED) is 0.0313. The second-order valence-corrected chi connectivity index (χ2v) is 11.7. The van der Waals surface area contributed by atoms with Crippen LogP contribution in [0, 0.1) is 11.8 Å². The first-order chi connectivity index (χ1) is 23.5. The second-order valence-electron chi connectivity index (χ2n) is 11.7. The lowest BCUT2D eigenvalue weighted by Gasteiger charge is -2.20. The minimum absolute atomic E-state index is 0.113. The summed E-state index contributed by atoms with van der Waals surface area (Å²) >= 11 is 0. The average molecular weight is 719 g/mol. The van der Waals surface area contributed by atoms with Gasteiger partial charge in [0.15, 0.2) is 0 Å². The molecule has 8 amide bonds. The number of nitrogens with one attached hydrogen (secondary N) is 4. The van der Waals surface area contributed by atoms with Crippen molar-refractivity contribution in [3.05, 3.63) is 0 Å². The number of hydrogen-bond donors (Lipinski definition) is 8. The van der Waals surface area contributed by atoms with Gasteiger partial charge in [0.25, 0.3) is 0 Å². The van der Waals surface area contributed by atoms with Crippen molar-refractivity contribution in [3.8, 4) is 0 Å². The van der Waals surface area contributed by atoms with Crippen molar-refractivity contribution in [1.29, 1.82) is 0 Å². The third kappa shape index (κ3) is 21.5. The number of hydrogen-bond acceptors (Lipinski definition) is 12. The summed E-state index contributed by atoms with van der Waals surface area (Å²) in [7, 11) is 4.59. The van der Waals surface area contributed by atoms with Crippen LogP contribution in [0.2, 0.25) is 0 Å². The summed E-state index contributed by atoms with van der Waals surface area (Å²) in [5.41, 5.74) is 0. The number of nitrogens with zero attached hydrogens (tertiary/aromatic N) is 4. The maximum Gasteiger partial charge on any atom is 0.246 e. The van der Waals surface area contributed by atoms with Crippen LogP contribution in [-0.2, 0) is 38.4 Å². The van der Waals surface area contributed by atoms with Gasteiger partial charge < -0.3 is 21.3 Å². The number of unbranched alkanes of at least 4 members (excludes halogenated alkanes) is 1. The van der Waals surface area contributed by atoms with Gasteiger partial charge in [-0.05, 0) is 25.7 Å². The lowest BCUT2D eigenvalue weighted by molar-refractivity contribution is -0.161. The van der Waals surface area contributed by atoms with Gasteiger partial charge in [0.2, 0.25) is 47.3 Å². The molecule has 8 N–H and O–H groups in total. The lowest BCUT2D eigenvalue weighted by atomic mass is 9.92. The standard InChI is InChI=1S/C30H54N8O12/c1-35(47)25(41)13-11-23(39)31-15-7-17-33-29(45)21(19-27(43)37(3)49)9-5-6-10-22(20-28(44)38(4)50)30(46)34-18-8-16-32-24(40)12-14-26(42)36(2)48/h21-22,47-50H,5-20H2,1-4H3,(H,31,39)(H,32,40)(H,33,45)(H,34,46). The van der Waals surface area contributed by atoms with Crippen LogP contribution in [0.5, 0.6) is 0 Å². The SMILES string of the molecule is CN(O)C(=O)CCC(=O)NCCCNC(=O)C(CCCCC(CC(=O)N(C)O)C(=O)NCCCNC(=O)CCC(=O)N(C)O)CC(=O)N(C)O. The van der Waals surface area contributed by atoms with Crippen LogP contribution in [0.15, 0.2) is 0 Å². The number of hydroxylamine groups is 8. The Morgan fingerprint density at radius 3 is 1.04 bits per heavy atom. The molecule has 0 saturated heterocycles. The van der Waals surface area contributed by atoms with Crippen LogP contribution in [0.1, 0.15) is 77.0 Å². The maximum atomic E-state index is 12.9. The highest BCUT2D eigenvalue weighted by atomic mass is 16.5. The van der Waals surface area contributed by atoms with Crippen LogP contribution in [0.4, 0.5) is 0 Å². The Bertz CT molecular complexity index is 1050. The highest BCUT2D eigenvalue weighted by Crippen LogP contribution is 2.20. The molecule has 0 aliphatic carbocycles. The first-order valence-electron chi connectivity index (χ1n) is 16.4. The molecule has 0 bridgehead atoms. The van der Waals surface area contributed by atoms with Crippen molar-refractivity contribution in [3.63, 3.8) is 0 Å². The van der Waals surface area contributed by atoms with E-state index in [1.807, 2.05) is 0 Å². The first-order valence-corrected chi connectivity index (χ1v) is 16.4. The van der Waals surface area contributed by atoms with Gasteiger partial charge in [0.05, 0.1) is 0 Å². The van der Waals surface area contributed by atoms with Crippen LogP contribution in [0.25, 0.3) is 0 Å². The molecule has 0 spiro atoms. The summed E-state index contributed by atoms with van der Waals surface area (Å²) in [5.74, 6) is -5.92. The Morgan fingerprint density at radius 2 is 0.740 bits per heavy atom. The fraction of sp³-hybridized carbons (Fsp3) is 0.733. The minimum atomic E-state index is -0.816. The molecule has 0 aromatic rings. The Morgan fingerprint density at radius 1 is 0.440 bits per heavy atom. The highest BCUT2D eigenvalue weighted by molar-refractivity contribution is 5.86. The summed E-state index contributed by atoms with van der Waals surface area (Å²) in [6, 6.07) is 0. The summed E-state index contributed by atoms with van der Waals surface area (Å²) < 4.78 is 0. The smallest absolute Gasteiger partial charge is 0.246 e. The highest BCUT2D eigenvalue weighted by Gasteiger charge is 2.25. The molecule has 0 aliphatic heterocycles. The van der Waals surface area contributed by atoms with Gasteiger partial charge in [-0.3, -0.25) is 59.2 Å². The predicted octanol–water partition coefficient (Wildman–Crippen LogP) is -1.24. The molecule has 2 unspecified atom stereocenters. The van der Waals surface area contributed by atoms with E-state index in [0.29, 0.717) is 45.9 Å². The van der Waals surface area contributed by atoms with Crippen molar-refractivity contribution in [2.45, 2.75) is 77.0 Å². The van der Waals surface area contributed by atoms with Gasteiger partial charge in [0, 0.05) is 105 Å². The molecule has 0 aliphatic rings. The molecule has 0 radical (unpaired) electrons. The normalized spacial score (nSPS) is 11.8. The fourth-order valence-corrected chi connectivity index (χ4v) is 4.40. The predicted molar refractivity (Wildman–Crippen MR) is 173 cm³/mol. The summed E-state index contributed by atoms with van der Waals surface area (Å²) in [6.45, 7) is 0.745. The van der Waals surface area contributed by atoms with Gasteiger partial charge in [-0.25, -0.2) is 20.3 Å². The van der Waals surface area contributed by atoms with Gasteiger partial charge >= 0.3 is 0 Å². The van der Waals surface area contributed by atoms with Crippen LogP contribution in [-0.4, -0.2) is 143 Å². The summed E-state index contributed by atoms with van der Waals surface area (Å²) in [6.07, 6.45) is 0.784. The van der Waals surface area contributed by atoms with E-state index < -0.39 is 59.1 Å². The van der Waals surface area contributed by atoms with Crippen molar-refractivity contribution in [1.82, 2.24) is 41.5 Å². The zero-order chi connectivity index (χ0) is 38.2. The van der Waals surface area contributed by atoms with E-state index in [2.05, 4.69) is 21.3 Å². The van der Waals surface area contributed by atoms with E-state index in [1.165, 1.54) is 0 Å². The lowest BCUT2D eigenvalue weighted by Crippen LogP contribution is -2.37. The van der Waals surface area contributed by atoms with Crippen molar-refractivity contribution < 1.29 is 59.2 Å². The van der Waals surface area contributed by atoms with E-state index in [4.69, 9.17) is 10.4 Å². The minimum Gasteiger partial charge on any atom is -0.356 e. The van der Waals surface area contributed by atoms with E-state index in [-0.39, 0.29) is 77.5 Å². The molecule has 0 aromatic heterocycles. The zero-order valence-electron chi connectivity index (χ0n) is 29.3. The Balaban J connectivity index is 4.88. The molecule has 0 rings (SSSR count). The topological polar surface area (TPSA) is 279 Å². The molecule has 0 heterocycles. The molecule has 286 valence electrons. The van der Waals surface area contributed by atoms with Crippen molar-refractivity contribution >= 4 is 47.3 Å². The van der Waals surface area contributed by atoms with Crippen LogP contribution < -0.4 is 21.3 Å². The molecule has 0 fully saturated rings. The number of carbonyl (C=O) groups is 8. The largest absolute Gasteiger partial charge is 0.356 e.